The first-order valence-electron chi connectivity index (χ1n) is 8.19. The molecule has 0 radical (unpaired) electrons. The molecule has 1 unspecified atom stereocenters. The van der Waals surface area contributed by atoms with Gasteiger partial charge in [0, 0.05) is 11.9 Å². The van der Waals surface area contributed by atoms with Gasteiger partial charge in [0.1, 0.15) is 0 Å². The average Bonchev–Trinajstić information content (AvgIpc) is 2.56. The molecule has 1 heterocycles. The van der Waals surface area contributed by atoms with Gasteiger partial charge in [0.05, 0.1) is 11.9 Å². The van der Waals surface area contributed by atoms with Crippen LogP contribution in [0.2, 0.25) is 0 Å². The van der Waals surface area contributed by atoms with Crippen LogP contribution in [0.15, 0.2) is 30.6 Å². The first-order chi connectivity index (χ1) is 11.8. The lowest BCUT2D eigenvalue weighted by Crippen LogP contribution is -2.31. The van der Waals surface area contributed by atoms with Crippen molar-refractivity contribution in [2.45, 2.75) is 46.6 Å². The van der Waals surface area contributed by atoms with Crippen LogP contribution in [0.5, 0.6) is 0 Å². The van der Waals surface area contributed by atoms with E-state index in [1.165, 1.54) is 19.3 Å². The first kappa shape index (κ1) is 18.6. The molecular formula is C19H23N3O3. The molecule has 1 amide bonds. The maximum absolute atomic E-state index is 12.4. The maximum Gasteiger partial charge on any atom is 0.359 e. The van der Waals surface area contributed by atoms with Gasteiger partial charge in [0.15, 0.2) is 11.8 Å². The van der Waals surface area contributed by atoms with E-state index in [0.717, 1.165) is 16.8 Å². The Morgan fingerprint density at radius 3 is 2.40 bits per heavy atom. The predicted molar refractivity (Wildman–Crippen MR) is 95.5 cm³/mol. The maximum atomic E-state index is 12.4. The Balaban J connectivity index is 2.08. The van der Waals surface area contributed by atoms with E-state index in [2.05, 4.69) is 29.1 Å². The summed E-state index contributed by atoms with van der Waals surface area (Å²) >= 11 is 0. The molecule has 0 spiro atoms. The molecule has 0 saturated carbocycles. The second-order valence-corrected chi connectivity index (χ2v) is 6.27. The van der Waals surface area contributed by atoms with Crippen molar-refractivity contribution in [2.75, 3.05) is 5.32 Å². The number of aromatic nitrogens is 2. The van der Waals surface area contributed by atoms with Crippen LogP contribution in [-0.2, 0) is 9.53 Å². The zero-order valence-corrected chi connectivity index (χ0v) is 15.2. The monoisotopic (exact) mass is 341 g/mol. The van der Waals surface area contributed by atoms with Gasteiger partial charge < -0.3 is 10.1 Å². The van der Waals surface area contributed by atoms with Gasteiger partial charge in [-0.2, -0.15) is 0 Å². The van der Waals surface area contributed by atoms with Crippen LogP contribution in [0.4, 0.5) is 5.69 Å². The van der Waals surface area contributed by atoms with Crippen molar-refractivity contribution in [2.24, 2.45) is 0 Å². The number of ether oxygens (including phenoxy) is 1. The number of hydrogen-bond acceptors (Lipinski definition) is 5. The van der Waals surface area contributed by atoms with Crippen LogP contribution in [0.25, 0.3) is 0 Å². The fourth-order valence-electron chi connectivity index (χ4n) is 2.34. The van der Waals surface area contributed by atoms with Crippen molar-refractivity contribution in [3.8, 4) is 0 Å². The largest absolute Gasteiger partial charge is 0.448 e. The van der Waals surface area contributed by atoms with E-state index >= 15 is 0 Å². The third-order valence-electron chi connectivity index (χ3n) is 3.82. The van der Waals surface area contributed by atoms with Gasteiger partial charge in [0.25, 0.3) is 5.91 Å². The quantitative estimate of drug-likeness (QED) is 0.843. The molecule has 0 aliphatic rings. The van der Waals surface area contributed by atoms with Crippen LogP contribution in [0, 0.1) is 13.8 Å². The topological polar surface area (TPSA) is 81.2 Å². The zero-order valence-electron chi connectivity index (χ0n) is 15.2. The molecule has 6 heteroatoms. The molecule has 132 valence electrons. The highest BCUT2D eigenvalue weighted by atomic mass is 16.5. The Hall–Kier alpha value is -2.76. The molecule has 1 atom stereocenters. The Morgan fingerprint density at radius 1 is 1.08 bits per heavy atom. The lowest BCUT2D eigenvalue weighted by molar-refractivity contribution is -0.123. The van der Waals surface area contributed by atoms with E-state index in [0.29, 0.717) is 5.69 Å². The molecule has 1 aromatic heterocycles. The highest BCUT2D eigenvalue weighted by molar-refractivity contribution is 5.97. The Kier molecular flexibility index (Phi) is 5.85. The molecule has 1 N–H and O–H groups in total. The number of amides is 1. The minimum atomic E-state index is -0.949. The van der Waals surface area contributed by atoms with Crippen molar-refractivity contribution in [3.05, 3.63) is 53.1 Å². The summed E-state index contributed by atoms with van der Waals surface area (Å²) in [7, 11) is 0. The van der Waals surface area contributed by atoms with Gasteiger partial charge in [-0.05, 0) is 37.8 Å². The van der Waals surface area contributed by atoms with Crippen molar-refractivity contribution in [1.29, 1.82) is 0 Å². The Labute approximate surface area is 147 Å². The van der Waals surface area contributed by atoms with Crippen LogP contribution >= 0.6 is 0 Å². The highest BCUT2D eigenvalue weighted by Gasteiger charge is 2.21. The molecule has 0 aliphatic heterocycles. The van der Waals surface area contributed by atoms with E-state index in [4.69, 9.17) is 4.74 Å². The summed E-state index contributed by atoms with van der Waals surface area (Å²) in [6.07, 6.45) is 1.86. The summed E-state index contributed by atoms with van der Waals surface area (Å²) in [5.74, 6) is -0.801. The summed E-state index contributed by atoms with van der Waals surface area (Å²) < 4.78 is 5.20. The van der Waals surface area contributed by atoms with E-state index in [-0.39, 0.29) is 17.5 Å². The highest BCUT2D eigenvalue weighted by Crippen LogP contribution is 2.27. The van der Waals surface area contributed by atoms with Crippen LogP contribution in [0.1, 0.15) is 54.0 Å². The van der Waals surface area contributed by atoms with Gasteiger partial charge >= 0.3 is 5.97 Å². The Morgan fingerprint density at radius 2 is 1.80 bits per heavy atom. The summed E-state index contributed by atoms with van der Waals surface area (Å²) in [6.45, 7) is 9.35. The summed E-state index contributed by atoms with van der Waals surface area (Å²) in [5.41, 5.74) is 3.53. The number of anilines is 1. The molecule has 2 aromatic rings. The number of nitrogens with one attached hydrogen (secondary N) is 1. The number of hydrogen-bond donors (Lipinski definition) is 1. The second kappa shape index (κ2) is 7.88. The number of rotatable bonds is 5. The minimum absolute atomic E-state index is 0.0732. The SMILES string of the molecule is Cc1cnc(C(=O)OC(C)C(=O)Nc2c(C)cccc2C(C)C)cn1. The van der Waals surface area contributed by atoms with E-state index < -0.39 is 12.1 Å². The molecule has 0 bridgehead atoms. The first-order valence-corrected chi connectivity index (χ1v) is 8.19. The molecule has 0 aliphatic carbocycles. The lowest BCUT2D eigenvalue weighted by atomic mass is 9.98. The molecule has 0 saturated heterocycles. The number of benzene rings is 1. The van der Waals surface area contributed by atoms with Crippen molar-refractivity contribution in [1.82, 2.24) is 9.97 Å². The van der Waals surface area contributed by atoms with Gasteiger partial charge in [0.2, 0.25) is 0 Å². The normalized spacial score (nSPS) is 11.9. The van der Waals surface area contributed by atoms with Gasteiger partial charge in [-0.3, -0.25) is 9.78 Å². The molecular weight excluding hydrogens is 318 g/mol. The van der Waals surface area contributed by atoms with E-state index in [1.807, 2.05) is 25.1 Å². The van der Waals surface area contributed by atoms with Gasteiger partial charge in [-0.15, -0.1) is 0 Å². The van der Waals surface area contributed by atoms with Crippen LogP contribution < -0.4 is 5.32 Å². The van der Waals surface area contributed by atoms with E-state index in [1.54, 1.807) is 6.92 Å². The average molecular weight is 341 g/mol. The number of esters is 1. The zero-order chi connectivity index (χ0) is 18.6. The number of aryl methyl sites for hydroxylation is 2. The van der Waals surface area contributed by atoms with Crippen molar-refractivity contribution in [3.63, 3.8) is 0 Å². The van der Waals surface area contributed by atoms with Gasteiger partial charge in [-0.25, -0.2) is 9.78 Å². The van der Waals surface area contributed by atoms with Crippen LogP contribution in [0.3, 0.4) is 0 Å². The molecule has 6 nitrogen and oxygen atoms in total. The number of para-hydroxylation sites is 1. The molecule has 1 aromatic carbocycles. The number of nitrogens with zero attached hydrogens (tertiary/aromatic N) is 2. The Bertz CT molecular complexity index is 770. The van der Waals surface area contributed by atoms with Crippen molar-refractivity contribution >= 4 is 17.6 Å². The van der Waals surface area contributed by atoms with Crippen molar-refractivity contribution < 1.29 is 14.3 Å². The second-order valence-electron chi connectivity index (χ2n) is 6.27. The third-order valence-corrected chi connectivity index (χ3v) is 3.82. The smallest absolute Gasteiger partial charge is 0.359 e. The fourth-order valence-corrected chi connectivity index (χ4v) is 2.34. The predicted octanol–water partition coefficient (Wildman–Crippen LogP) is 3.40. The van der Waals surface area contributed by atoms with Gasteiger partial charge in [-0.1, -0.05) is 32.0 Å². The molecule has 0 fully saturated rings. The third kappa shape index (κ3) is 4.62. The summed E-state index contributed by atoms with van der Waals surface area (Å²) in [6, 6.07) is 5.87. The summed E-state index contributed by atoms with van der Waals surface area (Å²) in [5, 5.41) is 2.87. The number of carbonyl (C=O) groups excluding carboxylic acids is 2. The summed E-state index contributed by atoms with van der Waals surface area (Å²) in [4.78, 5) is 32.5. The van der Waals surface area contributed by atoms with E-state index in [9.17, 15) is 9.59 Å². The number of carbonyl (C=O) groups is 2. The minimum Gasteiger partial charge on any atom is -0.448 e. The molecule has 25 heavy (non-hydrogen) atoms. The standard InChI is InChI=1S/C19H23N3O3/c1-11(2)15-8-6-7-12(3)17(15)22-18(23)14(5)25-19(24)16-10-20-13(4)9-21-16/h6-11,14H,1-5H3,(H,22,23). The fraction of sp³-hybridized carbons (Fsp3) is 0.368. The lowest BCUT2D eigenvalue weighted by Gasteiger charge is -2.19. The molecule has 2 rings (SSSR count). The van der Waals surface area contributed by atoms with Crippen LogP contribution in [-0.4, -0.2) is 27.9 Å².